The maximum Gasteiger partial charge on any atom is 0.123 e. The predicted molar refractivity (Wildman–Crippen MR) is 70.5 cm³/mol. The number of aromatic hydroxyl groups is 1. The van der Waals surface area contributed by atoms with E-state index in [4.69, 9.17) is 28.9 Å². The normalized spacial score (nSPS) is 16.6. The number of hydrogen-bond acceptors (Lipinski definition) is 3. The van der Waals surface area contributed by atoms with Gasteiger partial charge in [-0.05, 0) is 18.1 Å². The maximum atomic E-state index is 10.0. The van der Waals surface area contributed by atoms with E-state index in [1.54, 1.807) is 0 Å². The monoisotopic (exact) mass is 277 g/mol. The van der Waals surface area contributed by atoms with Gasteiger partial charge < -0.3 is 15.9 Å². The zero-order valence-electron chi connectivity index (χ0n) is 9.82. The number of rotatable bonds is 4. The second kappa shape index (κ2) is 5.91. The Morgan fingerprint density at radius 3 is 2.41 bits per heavy atom. The van der Waals surface area contributed by atoms with Crippen LogP contribution in [0.1, 0.15) is 31.9 Å². The molecule has 5 heteroatoms. The van der Waals surface area contributed by atoms with Crippen molar-refractivity contribution in [3.05, 3.63) is 27.7 Å². The van der Waals surface area contributed by atoms with Crippen LogP contribution in [0.3, 0.4) is 0 Å². The van der Waals surface area contributed by atoms with Crippen LogP contribution in [-0.2, 0) is 0 Å². The zero-order valence-corrected chi connectivity index (χ0v) is 11.3. The maximum absolute atomic E-state index is 10.0. The molecule has 1 aromatic rings. The highest BCUT2D eigenvalue weighted by Crippen LogP contribution is 2.36. The third-order valence-corrected chi connectivity index (χ3v) is 3.53. The minimum Gasteiger partial charge on any atom is -0.507 e. The van der Waals surface area contributed by atoms with Gasteiger partial charge in [-0.3, -0.25) is 0 Å². The van der Waals surface area contributed by atoms with Gasteiger partial charge in [-0.15, -0.1) is 0 Å². The van der Waals surface area contributed by atoms with Gasteiger partial charge in [0.15, 0.2) is 0 Å². The Morgan fingerprint density at radius 1 is 1.35 bits per heavy atom. The van der Waals surface area contributed by atoms with Crippen LogP contribution in [0.15, 0.2) is 12.1 Å². The van der Waals surface area contributed by atoms with E-state index < -0.39 is 12.1 Å². The Labute approximate surface area is 111 Å². The molecule has 0 fully saturated rings. The lowest BCUT2D eigenvalue weighted by Crippen LogP contribution is -2.31. The van der Waals surface area contributed by atoms with Gasteiger partial charge in [0.05, 0.1) is 17.2 Å². The Hall–Kier alpha value is -0.480. The molecule has 0 aliphatic carbocycles. The van der Waals surface area contributed by atoms with Crippen molar-refractivity contribution in [2.45, 2.75) is 32.4 Å². The predicted octanol–water partition coefficient (Wildman–Crippen LogP) is 3.11. The van der Waals surface area contributed by atoms with Gasteiger partial charge in [-0.1, -0.05) is 43.5 Å². The van der Waals surface area contributed by atoms with Gasteiger partial charge in [0.2, 0.25) is 0 Å². The smallest absolute Gasteiger partial charge is 0.123 e. The highest BCUT2D eigenvalue weighted by Gasteiger charge is 2.26. The number of aliphatic hydroxyl groups is 1. The molecule has 3 nitrogen and oxygen atoms in total. The summed E-state index contributed by atoms with van der Waals surface area (Å²) in [5.74, 6) is -0.0616. The van der Waals surface area contributed by atoms with Crippen molar-refractivity contribution in [2.75, 3.05) is 0 Å². The van der Waals surface area contributed by atoms with E-state index in [0.717, 1.165) is 6.42 Å². The third-order valence-electron chi connectivity index (χ3n) is 3.00. The standard InChI is InChI=1S/C12H17Cl2NO2/c1-3-6(2)12(17)11(15)10-8(14)4-7(13)5-9(10)16/h4-6,11-12,16-17H,3,15H2,1-2H3/t6?,11-,12+/m1/s1. The fourth-order valence-electron chi connectivity index (χ4n) is 1.67. The number of phenolic OH excluding ortho intramolecular Hbond substituents is 1. The second-order valence-electron chi connectivity index (χ2n) is 4.22. The largest absolute Gasteiger partial charge is 0.507 e. The Morgan fingerprint density at radius 2 is 1.94 bits per heavy atom. The zero-order chi connectivity index (χ0) is 13.2. The summed E-state index contributed by atoms with van der Waals surface area (Å²) in [6, 6.07) is 2.14. The summed E-state index contributed by atoms with van der Waals surface area (Å²) in [5, 5.41) is 20.4. The molecule has 4 N–H and O–H groups in total. The Balaban J connectivity index is 3.08. The van der Waals surface area contributed by atoms with Crippen molar-refractivity contribution >= 4 is 23.2 Å². The van der Waals surface area contributed by atoms with Gasteiger partial charge in [0, 0.05) is 10.6 Å². The molecule has 0 heterocycles. The van der Waals surface area contributed by atoms with Crippen LogP contribution in [0.4, 0.5) is 0 Å². The fourth-order valence-corrected chi connectivity index (χ4v) is 2.28. The van der Waals surface area contributed by atoms with Crippen LogP contribution in [0.2, 0.25) is 10.0 Å². The molecular weight excluding hydrogens is 261 g/mol. The lowest BCUT2D eigenvalue weighted by Gasteiger charge is -2.25. The third kappa shape index (κ3) is 3.26. The van der Waals surface area contributed by atoms with Crippen molar-refractivity contribution in [1.29, 1.82) is 0 Å². The summed E-state index contributed by atoms with van der Waals surface area (Å²) in [4.78, 5) is 0. The van der Waals surface area contributed by atoms with Crippen LogP contribution in [0.5, 0.6) is 5.75 Å². The van der Waals surface area contributed by atoms with E-state index in [-0.39, 0.29) is 16.7 Å². The van der Waals surface area contributed by atoms with E-state index in [0.29, 0.717) is 10.6 Å². The van der Waals surface area contributed by atoms with Crippen LogP contribution in [0.25, 0.3) is 0 Å². The fraction of sp³-hybridized carbons (Fsp3) is 0.500. The summed E-state index contributed by atoms with van der Waals surface area (Å²) in [7, 11) is 0. The first-order valence-corrected chi connectivity index (χ1v) is 6.25. The average molecular weight is 278 g/mol. The molecule has 96 valence electrons. The van der Waals surface area contributed by atoms with E-state index in [2.05, 4.69) is 0 Å². The van der Waals surface area contributed by atoms with Crippen LogP contribution in [-0.4, -0.2) is 16.3 Å². The summed E-state index contributed by atoms with van der Waals surface area (Å²) in [6.07, 6.45) is 0.0328. The first-order chi connectivity index (χ1) is 7.88. The molecule has 0 saturated carbocycles. The van der Waals surface area contributed by atoms with E-state index in [1.807, 2.05) is 13.8 Å². The van der Waals surface area contributed by atoms with Crippen LogP contribution >= 0.6 is 23.2 Å². The number of aliphatic hydroxyl groups excluding tert-OH is 1. The highest BCUT2D eigenvalue weighted by molar-refractivity contribution is 6.35. The molecule has 0 aliphatic rings. The average Bonchev–Trinajstić information content (AvgIpc) is 2.25. The number of hydrogen-bond donors (Lipinski definition) is 3. The van der Waals surface area contributed by atoms with Crippen LogP contribution in [0, 0.1) is 5.92 Å². The van der Waals surface area contributed by atoms with Gasteiger partial charge in [0.1, 0.15) is 5.75 Å². The quantitative estimate of drug-likeness (QED) is 0.792. The minimum absolute atomic E-state index is 0.0242. The first-order valence-electron chi connectivity index (χ1n) is 5.50. The van der Waals surface area contributed by atoms with E-state index >= 15 is 0 Å². The molecule has 17 heavy (non-hydrogen) atoms. The molecular formula is C12H17Cl2NO2. The summed E-state index contributed by atoms with van der Waals surface area (Å²) < 4.78 is 0. The van der Waals surface area contributed by atoms with Crippen molar-refractivity contribution in [3.8, 4) is 5.75 Å². The molecule has 1 unspecified atom stereocenters. The topological polar surface area (TPSA) is 66.5 Å². The van der Waals surface area contributed by atoms with Crippen molar-refractivity contribution in [3.63, 3.8) is 0 Å². The van der Waals surface area contributed by atoms with Crippen LogP contribution < -0.4 is 5.73 Å². The summed E-state index contributed by atoms with van der Waals surface area (Å²) in [6.45, 7) is 3.86. The number of benzene rings is 1. The number of nitrogens with two attached hydrogens (primary N) is 1. The molecule has 0 radical (unpaired) electrons. The van der Waals surface area contributed by atoms with Gasteiger partial charge >= 0.3 is 0 Å². The molecule has 0 aliphatic heterocycles. The number of halogens is 2. The first kappa shape index (κ1) is 14.6. The molecule has 0 saturated heterocycles. The van der Waals surface area contributed by atoms with Crippen molar-refractivity contribution < 1.29 is 10.2 Å². The second-order valence-corrected chi connectivity index (χ2v) is 5.07. The highest BCUT2D eigenvalue weighted by atomic mass is 35.5. The SMILES string of the molecule is CCC(C)[C@H](O)[C@H](N)c1c(O)cc(Cl)cc1Cl. The molecule has 1 rings (SSSR count). The Bertz CT molecular complexity index is 375. The van der Waals surface area contributed by atoms with E-state index in [1.165, 1.54) is 12.1 Å². The molecule has 0 amide bonds. The summed E-state index contributed by atoms with van der Waals surface area (Å²) in [5.41, 5.74) is 6.27. The molecule has 0 aromatic heterocycles. The molecule has 1 aromatic carbocycles. The molecule has 0 spiro atoms. The number of phenols is 1. The lowest BCUT2D eigenvalue weighted by atomic mass is 9.91. The van der Waals surface area contributed by atoms with Crippen molar-refractivity contribution in [2.24, 2.45) is 11.7 Å². The van der Waals surface area contributed by atoms with E-state index in [9.17, 15) is 10.2 Å². The molecule has 0 bridgehead atoms. The lowest BCUT2D eigenvalue weighted by molar-refractivity contribution is 0.0871. The summed E-state index contributed by atoms with van der Waals surface area (Å²) >= 11 is 11.7. The van der Waals surface area contributed by atoms with Gasteiger partial charge in [-0.2, -0.15) is 0 Å². The van der Waals surface area contributed by atoms with Crippen molar-refractivity contribution in [1.82, 2.24) is 0 Å². The molecule has 3 atom stereocenters. The van der Waals surface area contributed by atoms with Gasteiger partial charge in [0.25, 0.3) is 0 Å². The minimum atomic E-state index is -0.760. The Kier molecular flexibility index (Phi) is 5.07. The van der Waals surface area contributed by atoms with Gasteiger partial charge in [-0.25, -0.2) is 0 Å².